The summed E-state index contributed by atoms with van der Waals surface area (Å²) < 4.78 is 4.93. The molecule has 126 valence electrons. The molecule has 0 atom stereocenters. The van der Waals surface area contributed by atoms with Crippen LogP contribution < -0.4 is 10.6 Å². The van der Waals surface area contributed by atoms with Crippen molar-refractivity contribution in [1.82, 2.24) is 0 Å². The Kier molecular flexibility index (Phi) is 6.37. The second-order valence-electron chi connectivity index (χ2n) is 5.39. The van der Waals surface area contributed by atoms with Crippen LogP contribution in [0.4, 0.5) is 11.4 Å². The third kappa shape index (κ3) is 5.43. The van der Waals surface area contributed by atoms with Gasteiger partial charge in [-0.2, -0.15) is 0 Å². The molecule has 0 saturated carbocycles. The summed E-state index contributed by atoms with van der Waals surface area (Å²) in [6, 6.07) is 14.7. The molecule has 24 heavy (non-hydrogen) atoms. The van der Waals surface area contributed by atoms with Crippen LogP contribution in [0, 0.1) is 6.92 Å². The van der Waals surface area contributed by atoms with Crippen molar-refractivity contribution in [3.63, 3.8) is 0 Å². The van der Waals surface area contributed by atoms with Gasteiger partial charge in [-0.1, -0.05) is 17.7 Å². The number of benzene rings is 2. The first-order valence-corrected chi connectivity index (χ1v) is 7.96. The average Bonchev–Trinajstić information content (AvgIpc) is 2.58. The maximum absolute atomic E-state index is 11.9. The van der Waals surface area contributed by atoms with Crippen LogP contribution >= 0.6 is 0 Å². The summed E-state index contributed by atoms with van der Waals surface area (Å²) in [7, 11) is 0. The van der Waals surface area contributed by atoms with E-state index in [-0.39, 0.29) is 11.9 Å². The quantitative estimate of drug-likeness (QED) is 0.763. The zero-order valence-corrected chi connectivity index (χ0v) is 14.0. The molecule has 0 unspecified atom stereocenters. The highest BCUT2D eigenvalue weighted by Crippen LogP contribution is 2.11. The predicted octanol–water partition coefficient (Wildman–Crippen LogP) is 3.61. The number of anilines is 2. The lowest BCUT2D eigenvalue weighted by molar-refractivity contribution is -0.115. The van der Waals surface area contributed by atoms with E-state index in [1.165, 1.54) is 0 Å². The fraction of sp³-hybridized carbons (Fsp3) is 0.263. The van der Waals surface area contributed by atoms with E-state index in [4.69, 9.17) is 4.74 Å². The lowest BCUT2D eigenvalue weighted by Crippen LogP contribution is -2.16. The van der Waals surface area contributed by atoms with E-state index >= 15 is 0 Å². The van der Waals surface area contributed by atoms with E-state index in [2.05, 4.69) is 10.6 Å². The molecule has 0 aliphatic carbocycles. The predicted molar refractivity (Wildman–Crippen MR) is 95.3 cm³/mol. The number of carbonyl (C=O) groups excluding carboxylic acids is 2. The zero-order valence-electron chi connectivity index (χ0n) is 14.0. The van der Waals surface area contributed by atoms with Gasteiger partial charge in [0, 0.05) is 24.3 Å². The molecule has 0 fully saturated rings. The van der Waals surface area contributed by atoms with Gasteiger partial charge >= 0.3 is 5.97 Å². The van der Waals surface area contributed by atoms with Crippen molar-refractivity contribution in [2.24, 2.45) is 0 Å². The fourth-order valence-electron chi connectivity index (χ4n) is 2.12. The Balaban J connectivity index is 1.76. The lowest BCUT2D eigenvalue weighted by atomic mass is 10.2. The van der Waals surface area contributed by atoms with Crippen LogP contribution in [-0.2, 0) is 9.53 Å². The number of esters is 1. The molecule has 0 aliphatic rings. The Hall–Kier alpha value is -2.82. The normalized spacial score (nSPS) is 10.1. The highest BCUT2D eigenvalue weighted by molar-refractivity contribution is 5.91. The summed E-state index contributed by atoms with van der Waals surface area (Å²) in [5.41, 5.74) is 3.32. The average molecular weight is 326 g/mol. The molecule has 2 aromatic rings. The van der Waals surface area contributed by atoms with Gasteiger partial charge in [-0.3, -0.25) is 4.79 Å². The SMILES string of the molecule is CCOC(=O)c1ccc(NCCC(=O)Nc2ccc(C)cc2)cc1. The number of hydrogen-bond donors (Lipinski definition) is 2. The molecule has 0 radical (unpaired) electrons. The van der Waals surface area contributed by atoms with E-state index in [0.29, 0.717) is 25.1 Å². The van der Waals surface area contributed by atoms with Crippen LogP contribution in [0.5, 0.6) is 0 Å². The number of aryl methyl sites for hydroxylation is 1. The lowest BCUT2D eigenvalue weighted by Gasteiger charge is -2.08. The molecular weight excluding hydrogens is 304 g/mol. The first-order chi connectivity index (χ1) is 11.6. The van der Waals surface area contributed by atoms with Gasteiger partial charge < -0.3 is 15.4 Å². The zero-order chi connectivity index (χ0) is 17.4. The Morgan fingerprint density at radius 2 is 1.58 bits per heavy atom. The van der Waals surface area contributed by atoms with Crippen LogP contribution in [0.15, 0.2) is 48.5 Å². The minimum atomic E-state index is -0.332. The first kappa shape index (κ1) is 17.5. The van der Waals surface area contributed by atoms with Crippen molar-refractivity contribution < 1.29 is 14.3 Å². The van der Waals surface area contributed by atoms with Crippen LogP contribution in [0.25, 0.3) is 0 Å². The molecule has 5 nitrogen and oxygen atoms in total. The highest BCUT2D eigenvalue weighted by atomic mass is 16.5. The molecule has 5 heteroatoms. The van der Waals surface area contributed by atoms with Gasteiger partial charge in [0.15, 0.2) is 0 Å². The minimum Gasteiger partial charge on any atom is -0.462 e. The molecule has 2 N–H and O–H groups in total. The van der Waals surface area contributed by atoms with E-state index in [9.17, 15) is 9.59 Å². The molecule has 0 saturated heterocycles. The number of rotatable bonds is 7. The van der Waals surface area contributed by atoms with Crippen molar-refractivity contribution >= 4 is 23.3 Å². The van der Waals surface area contributed by atoms with Gasteiger partial charge in [-0.05, 0) is 50.2 Å². The smallest absolute Gasteiger partial charge is 0.338 e. The molecule has 0 spiro atoms. The fourth-order valence-corrected chi connectivity index (χ4v) is 2.12. The van der Waals surface area contributed by atoms with E-state index in [1.54, 1.807) is 31.2 Å². The summed E-state index contributed by atoms with van der Waals surface area (Å²) in [4.78, 5) is 23.4. The van der Waals surface area contributed by atoms with Gasteiger partial charge in [0.2, 0.25) is 5.91 Å². The molecule has 0 aromatic heterocycles. The summed E-state index contributed by atoms with van der Waals surface area (Å²) >= 11 is 0. The van der Waals surface area contributed by atoms with Crippen molar-refractivity contribution in [1.29, 1.82) is 0 Å². The second kappa shape index (κ2) is 8.72. The van der Waals surface area contributed by atoms with E-state index in [1.807, 2.05) is 31.2 Å². The van der Waals surface area contributed by atoms with Crippen LogP contribution in [0.1, 0.15) is 29.3 Å². The Labute approximate surface area is 142 Å². The van der Waals surface area contributed by atoms with Gasteiger partial charge in [0.1, 0.15) is 0 Å². The van der Waals surface area contributed by atoms with E-state index < -0.39 is 0 Å². The third-order valence-electron chi connectivity index (χ3n) is 3.41. The van der Waals surface area contributed by atoms with Gasteiger partial charge in [-0.15, -0.1) is 0 Å². The molecule has 0 aliphatic heterocycles. The molecule has 2 aromatic carbocycles. The van der Waals surface area contributed by atoms with Crippen molar-refractivity contribution in [2.75, 3.05) is 23.8 Å². The van der Waals surface area contributed by atoms with Crippen LogP contribution in [-0.4, -0.2) is 25.0 Å². The number of carbonyl (C=O) groups is 2. The number of hydrogen-bond acceptors (Lipinski definition) is 4. The third-order valence-corrected chi connectivity index (χ3v) is 3.41. The number of amides is 1. The molecular formula is C19H22N2O3. The van der Waals surface area contributed by atoms with Gasteiger partial charge in [0.25, 0.3) is 0 Å². The summed E-state index contributed by atoms with van der Waals surface area (Å²) in [6.45, 7) is 4.64. The Bertz CT molecular complexity index is 679. The highest BCUT2D eigenvalue weighted by Gasteiger charge is 2.06. The molecule has 1 amide bonds. The summed E-state index contributed by atoms with van der Waals surface area (Å²) in [5, 5.41) is 6.01. The standard InChI is InChI=1S/C19H22N2O3/c1-3-24-19(23)15-6-10-16(11-7-15)20-13-12-18(22)21-17-8-4-14(2)5-9-17/h4-11,20H,3,12-13H2,1-2H3,(H,21,22). The largest absolute Gasteiger partial charge is 0.462 e. The number of nitrogens with one attached hydrogen (secondary N) is 2. The van der Waals surface area contributed by atoms with Crippen molar-refractivity contribution in [2.45, 2.75) is 20.3 Å². The Morgan fingerprint density at radius 3 is 2.21 bits per heavy atom. The van der Waals surface area contributed by atoms with Gasteiger partial charge in [0.05, 0.1) is 12.2 Å². The minimum absolute atomic E-state index is 0.0468. The maximum Gasteiger partial charge on any atom is 0.338 e. The van der Waals surface area contributed by atoms with Crippen LogP contribution in [0.3, 0.4) is 0 Å². The summed E-state index contributed by atoms with van der Waals surface area (Å²) in [6.07, 6.45) is 0.355. The maximum atomic E-state index is 11.9. The number of ether oxygens (including phenoxy) is 1. The van der Waals surface area contributed by atoms with Crippen molar-refractivity contribution in [3.8, 4) is 0 Å². The van der Waals surface area contributed by atoms with E-state index in [0.717, 1.165) is 16.9 Å². The monoisotopic (exact) mass is 326 g/mol. The molecule has 2 rings (SSSR count). The summed E-state index contributed by atoms with van der Waals surface area (Å²) in [5.74, 6) is -0.379. The van der Waals surface area contributed by atoms with Crippen LogP contribution in [0.2, 0.25) is 0 Å². The second-order valence-corrected chi connectivity index (χ2v) is 5.39. The molecule has 0 bridgehead atoms. The topological polar surface area (TPSA) is 67.4 Å². The van der Waals surface area contributed by atoms with Gasteiger partial charge in [-0.25, -0.2) is 4.79 Å². The molecule has 0 heterocycles. The van der Waals surface area contributed by atoms with Crippen molar-refractivity contribution in [3.05, 3.63) is 59.7 Å². The Morgan fingerprint density at radius 1 is 0.958 bits per heavy atom. The first-order valence-electron chi connectivity index (χ1n) is 7.96.